The van der Waals surface area contributed by atoms with E-state index in [1.54, 1.807) is 6.07 Å². The van der Waals surface area contributed by atoms with Crippen LogP contribution in [0.5, 0.6) is 5.75 Å². The summed E-state index contributed by atoms with van der Waals surface area (Å²) >= 11 is 0. The molecule has 0 saturated carbocycles. The predicted octanol–water partition coefficient (Wildman–Crippen LogP) is 0.915. The molecule has 5 nitrogen and oxygen atoms in total. The van der Waals surface area contributed by atoms with Gasteiger partial charge >= 0.3 is 0 Å². The number of aromatic nitrogens is 1. The van der Waals surface area contributed by atoms with Gasteiger partial charge in [-0.1, -0.05) is 0 Å². The van der Waals surface area contributed by atoms with E-state index in [1.807, 2.05) is 0 Å². The summed E-state index contributed by atoms with van der Waals surface area (Å²) in [5, 5.41) is 0. The number of halogens is 1. The zero-order valence-electron chi connectivity index (χ0n) is 9.51. The summed E-state index contributed by atoms with van der Waals surface area (Å²) in [5.74, 6) is -1.26. The van der Waals surface area contributed by atoms with Crippen LogP contribution in [0.15, 0.2) is 30.5 Å². The molecular formula is C12H11FN2O3. The standard InChI is InChI=1S/C12H11FN2O3/c13-12-9(3-1-6-14-12)18-8-2-7-15-10(16)4-5-11(15)17/h1,3-6H,2,7-8H2/i13-1. The molecule has 1 aromatic rings. The highest BCUT2D eigenvalue weighted by molar-refractivity contribution is 6.12. The van der Waals surface area contributed by atoms with E-state index in [0.717, 1.165) is 4.90 Å². The summed E-state index contributed by atoms with van der Waals surface area (Å²) < 4.78 is 18.2. The average molecular weight is 249 g/mol. The number of pyridine rings is 1. The highest BCUT2D eigenvalue weighted by Gasteiger charge is 2.22. The molecular weight excluding hydrogens is 238 g/mol. The fourth-order valence-corrected chi connectivity index (χ4v) is 1.54. The number of hydrogen-bond donors (Lipinski definition) is 0. The van der Waals surface area contributed by atoms with Gasteiger partial charge in [0.2, 0.25) is 0 Å². The van der Waals surface area contributed by atoms with E-state index in [9.17, 15) is 14.0 Å². The molecule has 0 spiro atoms. The number of amides is 2. The highest BCUT2D eigenvalue weighted by atomic mass is 18.2. The van der Waals surface area contributed by atoms with Gasteiger partial charge in [-0.2, -0.15) is 4.39 Å². The number of imide groups is 1. The quantitative estimate of drug-likeness (QED) is 0.442. The lowest BCUT2D eigenvalue weighted by molar-refractivity contribution is -0.136. The molecule has 2 rings (SSSR count). The summed E-state index contributed by atoms with van der Waals surface area (Å²) in [4.78, 5) is 27.0. The minimum atomic E-state index is -0.674. The number of carbonyl (C=O) groups excluding carboxylic acids is 2. The molecule has 94 valence electrons. The highest BCUT2D eigenvalue weighted by Crippen LogP contribution is 2.13. The summed E-state index contributed by atoms with van der Waals surface area (Å²) in [6, 6.07) is 3.03. The SMILES string of the molecule is O=C1C=CC(=O)N1CCCOc1cccnc1[18F]. The van der Waals surface area contributed by atoms with E-state index in [0.29, 0.717) is 6.42 Å². The zero-order valence-corrected chi connectivity index (χ0v) is 9.51. The van der Waals surface area contributed by atoms with Gasteiger partial charge in [-0.05, 0) is 18.6 Å². The van der Waals surface area contributed by atoms with E-state index >= 15 is 0 Å². The van der Waals surface area contributed by atoms with Crippen LogP contribution in [0.4, 0.5) is 4.39 Å². The van der Waals surface area contributed by atoms with Gasteiger partial charge < -0.3 is 4.74 Å². The van der Waals surface area contributed by atoms with Crippen molar-refractivity contribution < 1.29 is 18.7 Å². The second-order valence-electron chi connectivity index (χ2n) is 3.66. The third-order valence-electron chi connectivity index (χ3n) is 2.41. The number of nitrogens with zero attached hydrogens (tertiary/aromatic N) is 2. The molecule has 1 aliphatic heterocycles. The molecule has 2 amide bonds. The first-order valence-electron chi connectivity index (χ1n) is 5.45. The van der Waals surface area contributed by atoms with Crippen molar-refractivity contribution in [3.63, 3.8) is 0 Å². The summed E-state index contributed by atoms with van der Waals surface area (Å²) in [5.41, 5.74) is 0. The minimum Gasteiger partial charge on any atom is -0.489 e. The van der Waals surface area contributed by atoms with Crippen LogP contribution in [0.3, 0.4) is 0 Å². The second kappa shape index (κ2) is 5.39. The zero-order chi connectivity index (χ0) is 13.0. The number of hydrogen-bond acceptors (Lipinski definition) is 4. The van der Waals surface area contributed by atoms with Crippen molar-refractivity contribution in [1.29, 1.82) is 0 Å². The van der Waals surface area contributed by atoms with E-state index in [-0.39, 0.29) is 30.7 Å². The maximum absolute atomic E-state index is 13.1. The lowest BCUT2D eigenvalue weighted by atomic mass is 10.4. The molecule has 0 atom stereocenters. The van der Waals surface area contributed by atoms with Gasteiger partial charge in [-0.15, -0.1) is 0 Å². The maximum Gasteiger partial charge on any atom is 0.255 e. The fraction of sp³-hybridized carbons (Fsp3) is 0.250. The molecule has 18 heavy (non-hydrogen) atoms. The van der Waals surface area contributed by atoms with Crippen LogP contribution >= 0.6 is 0 Å². The van der Waals surface area contributed by atoms with E-state index in [2.05, 4.69) is 4.98 Å². The third-order valence-corrected chi connectivity index (χ3v) is 2.41. The molecule has 0 radical (unpaired) electrons. The van der Waals surface area contributed by atoms with Crippen molar-refractivity contribution in [3.05, 3.63) is 36.4 Å². The largest absolute Gasteiger partial charge is 0.489 e. The Balaban J connectivity index is 1.75. The van der Waals surface area contributed by atoms with Gasteiger partial charge in [0.1, 0.15) is 0 Å². The van der Waals surface area contributed by atoms with Crippen molar-refractivity contribution in [2.45, 2.75) is 6.42 Å². The van der Waals surface area contributed by atoms with Crippen LogP contribution in [0.25, 0.3) is 0 Å². The fourth-order valence-electron chi connectivity index (χ4n) is 1.54. The van der Waals surface area contributed by atoms with E-state index in [1.165, 1.54) is 24.4 Å². The van der Waals surface area contributed by atoms with Crippen LogP contribution < -0.4 is 4.74 Å². The Morgan fingerprint density at radius 2 is 2.00 bits per heavy atom. The minimum absolute atomic E-state index is 0.0645. The molecule has 0 bridgehead atoms. The normalized spacial score (nSPS) is 14.4. The van der Waals surface area contributed by atoms with Gasteiger partial charge in [0, 0.05) is 24.9 Å². The number of ether oxygens (including phenoxy) is 1. The summed E-state index contributed by atoms with van der Waals surface area (Å²) in [6.07, 6.45) is 4.22. The van der Waals surface area contributed by atoms with Crippen molar-refractivity contribution in [2.75, 3.05) is 13.2 Å². The average Bonchev–Trinajstić information content (AvgIpc) is 2.67. The van der Waals surface area contributed by atoms with Crippen molar-refractivity contribution in [1.82, 2.24) is 9.88 Å². The van der Waals surface area contributed by atoms with Crippen LogP contribution in [0.1, 0.15) is 6.42 Å². The van der Waals surface area contributed by atoms with Crippen LogP contribution in [-0.2, 0) is 9.59 Å². The van der Waals surface area contributed by atoms with E-state index in [4.69, 9.17) is 4.74 Å². The molecule has 1 aliphatic rings. The lowest BCUT2D eigenvalue weighted by Gasteiger charge is -2.13. The second-order valence-corrected chi connectivity index (χ2v) is 3.66. The molecule has 6 heteroatoms. The molecule has 0 aliphatic carbocycles. The van der Waals surface area contributed by atoms with Crippen molar-refractivity contribution in [2.24, 2.45) is 0 Å². The van der Waals surface area contributed by atoms with Crippen LogP contribution in [-0.4, -0.2) is 34.8 Å². The summed E-state index contributed by atoms with van der Waals surface area (Å²) in [7, 11) is 0. The Hall–Kier alpha value is -2.24. The molecule has 0 N–H and O–H groups in total. The molecule has 1 aromatic heterocycles. The number of rotatable bonds is 5. The van der Waals surface area contributed by atoms with E-state index < -0.39 is 5.95 Å². The molecule has 2 heterocycles. The topological polar surface area (TPSA) is 59.5 Å². The Morgan fingerprint density at radius 1 is 1.28 bits per heavy atom. The van der Waals surface area contributed by atoms with Crippen LogP contribution in [0, 0.1) is 5.95 Å². The van der Waals surface area contributed by atoms with Crippen molar-refractivity contribution >= 4 is 11.8 Å². The monoisotopic (exact) mass is 249 g/mol. The molecule has 0 unspecified atom stereocenters. The predicted molar refractivity (Wildman–Crippen MR) is 60.2 cm³/mol. The Morgan fingerprint density at radius 3 is 2.67 bits per heavy atom. The van der Waals surface area contributed by atoms with Crippen LogP contribution in [0.2, 0.25) is 0 Å². The van der Waals surface area contributed by atoms with Crippen molar-refractivity contribution in [3.8, 4) is 5.75 Å². The van der Waals surface area contributed by atoms with Gasteiger partial charge in [0.05, 0.1) is 6.61 Å². The van der Waals surface area contributed by atoms with Gasteiger partial charge in [-0.25, -0.2) is 4.98 Å². The molecule has 0 fully saturated rings. The lowest BCUT2D eigenvalue weighted by Crippen LogP contribution is -2.31. The smallest absolute Gasteiger partial charge is 0.255 e. The summed E-state index contributed by atoms with van der Waals surface area (Å²) in [6.45, 7) is 0.465. The maximum atomic E-state index is 13.1. The first-order chi connectivity index (χ1) is 8.68. The van der Waals surface area contributed by atoms with Gasteiger partial charge in [-0.3, -0.25) is 14.5 Å². The Labute approximate surface area is 103 Å². The third kappa shape index (κ3) is 2.71. The Bertz CT molecular complexity index is 484. The first kappa shape index (κ1) is 12.2. The van der Waals surface area contributed by atoms with Gasteiger partial charge in [0.15, 0.2) is 5.75 Å². The molecule has 0 aromatic carbocycles. The Kier molecular flexibility index (Phi) is 3.66. The van der Waals surface area contributed by atoms with Gasteiger partial charge in [0.25, 0.3) is 17.8 Å². The number of carbonyl (C=O) groups is 2. The molecule has 0 saturated heterocycles. The first-order valence-corrected chi connectivity index (χ1v) is 5.45.